The van der Waals surface area contributed by atoms with E-state index in [2.05, 4.69) is 0 Å². The van der Waals surface area contributed by atoms with E-state index in [1.807, 2.05) is 13.8 Å². The Hall–Kier alpha value is -1.92. The quantitative estimate of drug-likeness (QED) is 0.575. The van der Waals surface area contributed by atoms with Crippen molar-refractivity contribution >= 4 is 12.0 Å². The van der Waals surface area contributed by atoms with Gasteiger partial charge in [0.05, 0.1) is 6.04 Å². The summed E-state index contributed by atoms with van der Waals surface area (Å²) in [6.07, 6.45) is 2.62. The van der Waals surface area contributed by atoms with Crippen molar-refractivity contribution in [2.45, 2.75) is 52.7 Å². The number of rotatable bonds is 5. The van der Waals surface area contributed by atoms with E-state index in [0.717, 1.165) is 4.90 Å². The minimum Gasteiger partial charge on any atom is -0.443 e. The number of nitrogens with zero attached hydrogens (tertiary/aromatic N) is 2. The molecule has 0 fully saturated rings. The van der Waals surface area contributed by atoms with E-state index < -0.39 is 34.5 Å². The molecule has 1 aliphatic rings. The molecule has 0 radical (unpaired) electrons. The highest BCUT2D eigenvalue weighted by atomic mass is 16.6. The van der Waals surface area contributed by atoms with Crippen molar-refractivity contribution < 1.29 is 19.2 Å². The molecule has 0 bridgehead atoms. The molecule has 0 aromatic heterocycles. The zero-order valence-corrected chi connectivity index (χ0v) is 13.7. The highest BCUT2D eigenvalue weighted by Gasteiger charge is 2.41. The predicted octanol–water partition coefficient (Wildman–Crippen LogP) is 2.63. The molecule has 0 unspecified atom stereocenters. The molecule has 0 saturated carbocycles. The van der Waals surface area contributed by atoms with Crippen molar-refractivity contribution in [3.8, 4) is 0 Å². The van der Waals surface area contributed by atoms with E-state index in [1.54, 1.807) is 26.8 Å². The van der Waals surface area contributed by atoms with Gasteiger partial charge >= 0.3 is 6.09 Å². The van der Waals surface area contributed by atoms with Gasteiger partial charge < -0.3 is 4.74 Å². The molecule has 2 amide bonds. The minimum absolute atomic E-state index is 0.217. The molecular formula is C15H24N2O5. The number of amides is 2. The molecular weight excluding hydrogens is 288 g/mol. The maximum absolute atomic E-state index is 12.2. The number of carbonyl (C=O) groups excluding carboxylic acids is 2. The number of imide groups is 1. The fraction of sp³-hybridized carbons (Fsp3) is 0.733. The summed E-state index contributed by atoms with van der Waals surface area (Å²) in [5, 5.41) is 10.9. The van der Waals surface area contributed by atoms with E-state index in [0.29, 0.717) is 6.42 Å². The summed E-state index contributed by atoms with van der Waals surface area (Å²) in [5.41, 5.74) is -0.735. The molecule has 22 heavy (non-hydrogen) atoms. The lowest BCUT2D eigenvalue weighted by molar-refractivity contribution is -0.489. The summed E-state index contributed by atoms with van der Waals surface area (Å²) in [4.78, 5) is 35.7. The number of carbonyl (C=O) groups is 2. The summed E-state index contributed by atoms with van der Waals surface area (Å²) in [6, 6.07) is -0.629. The van der Waals surface area contributed by atoms with Crippen LogP contribution in [0.3, 0.4) is 0 Å². The summed E-state index contributed by atoms with van der Waals surface area (Å²) >= 11 is 0. The zero-order chi connectivity index (χ0) is 17.1. The Morgan fingerprint density at radius 3 is 2.50 bits per heavy atom. The standard InChI is InChI=1S/C15H24N2O5/c1-10(2)8-11(9-16(20)21)12-6-7-13(18)17(12)14(19)22-15(3,4)5/h6-7,10-12H,8-9H2,1-5H3/t11-,12-/m0/s1. The summed E-state index contributed by atoms with van der Waals surface area (Å²) in [7, 11) is 0. The van der Waals surface area contributed by atoms with Crippen LogP contribution in [0.25, 0.3) is 0 Å². The Labute approximate surface area is 130 Å². The second-order valence-electron chi connectivity index (χ2n) is 6.94. The number of ether oxygens (including phenoxy) is 1. The van der Waals surface area contributed by atoms with Crippen LogP contribution in [-0.2, 0) is 9.53 Å². The molecule has 0 spiro atoms. The van der Waals surface area contributed by atoms with Gasteiger partial charge in [0.25, 0.3) is 5.91 Å². The summed E-state index contributed by atoms with van der Waals surface area (Å²) < 4.78 is 5.24. The van der Waals surface area contributed by atoms with Crippen LogP contribution in [0.2, 0.25) is 0 Å². The Morgan fingerprint density at radius 2 is 2.05 bits per heavy atom. The molecule has 7 heteroatoms. The topological polar surface area (TPSA) is 89.8 Å². The molecule has 0 saturated heterocycles. The van der Waals surface area contributed by atoms with Crippen molar-refractivity contribution in [2.75, 3.05) is 6.54 Å². The van der Waals surface area contributed by atoms with E-state index in [-0.39, 0.29) is 12.5 Å². The minimum atomic E-state index is -0.760. The first kappa shape index (κ1) is 18.1. The lowest BCUT2D eigenvalue weighted by Crippen LogP contribution is -2.47. The van der Waals surface area contributed by atoms with Crippen LogP contribution in [0, 0.1) is 22.0 Å². The largest absolute Gasteiger partial charge is 0.443 e. The zero-order valence-electron chi connectivity index (χ0n) is 13.7. The first-order chi connectivity index (χ1) is 10.0. The third kappa shape index (κ3) is 5.13. The van der Waals surface area contributed by atoms with Crippen molar-refractivity contribution in [1.29, 1.82) is 0 Å². The van der Waals surface area contributed by atoms with Gasteiger partial charge in [-0.1, -0.05) is 19.9 Å². The lowest BCUT2D eigenvalue weighted by Gasteiger charge is -2.30. The first-order valence-corrected chi connectivity index (χ1v) is 7.37. The molecule has 1 heterocycles. The van der Waals surface area contributed by atoms with Crippen LogP contribution in [0.4, 0.5) is 4.79 Å². The molecule has 0 aliphatic carbocycles. The highest BCUT2D eigenvalue weighted by molar-refractivity contribution is 6.01. The van der Waals surface area contributed by atoms with Crippen LogP contribution in [0.1, 0.15) is 41.0 Å². The second kappa shape index (κ2) is 6.89. The van der Waals surface area contributed by atoms with Gasteiger partial charge in [0.2, 0.25) is 6.54 Å². The monoisotopic (exact) mass is 312 g/mol. The molecule has 0 aromatic carbocycles. The number of hydrogen-bond donors (Lipinski definition) is 0. The van der Waals surface area contributed by atoms with Crippen molar-refractivity contribution in [3.63, 3.8) is 0 Å². The van der Waals surface area contributed by atoms with E-state index in [1.165, 1.54) is 6.08 Å². The fourth-order valence-electron chi connectivity index (χ4n) is 2.50. The van der Waals surface area contributed by atoms with Gasteiger partial charge in [-0.25, -0.2) is 9.69 Å². The van der Waals surface area contributed by atoms with Gasteiger partial charge in [-0.3, -0.25) is 14.9 Å². The van der Waals surface area contributed by atoms with Crippen LogP contribution in [0.5, 0.6) is 0 Å². The molecule has 2 atom stereocenters. The summed E-state index contributed by atoms with van der Waals surface area (Å²) in [5.74, 6) is -0.698. The Bertz CT molecular complexity index is 479. The van der Waals surface area contributed by atoms with Crippen molar-refractivity contribution in [2.24, 2.45) is 11.8 Å². The third-order valence-corrected chi connectivity index (χ3v) is 3.20. The van der Waals surface area contributed by atoms with Gasteiger partial charge in [0.15, 0.2) is 0 Å². The first-order valence-electron chi connectivity index (χ1n) is 7.37. The van der Waals surface area contributed by atoms with Gasteiger partial charge in [-0.2, -0.15) is 0 Å². The molecule has 0 N–H and O–H groups in total. The van der Waals surface area contributed by atoms with Gasteiger partial charge in [-0.05, 0) is 33.1 Å². The maximum Gasteiger partial charge on any atom is 0.417 e. The fourth-order valence-corrected chi connectivity index (χ4v) is 2.50. The average molecular weight is 312 g/mol. The lowest BCUT2D eigenvalue weighted by atomic mass is 9.90. The Kier molecular flexibility index (Phi) is 5.68. The second-order valence-corrected chi connectivity index (χ2v) is 6.94. The van der Waals surface area contributed by atoms with Gasteiger partial charge in [-0.15, -0.1) is 0 Å². The van der Waals surface area contributed by atoms with Crippen LogP contribution in [-0.4, -0.2) is 40.0 Å². The van der Waals surface area contributed by atoms with Crippen molar-refractivity contribution in [1.82, 2.24) is 4.90 Å². The predicted molar refractivity (Wildman–Crippen MR) is 80.8 cm³/mol. The van der Waals surface area contributed by atoms with Gasteiger partial charge in [0, 0.05) is 16.9 Å². The average Bonchev–Trinajstić information content (AvgIpc) is 2.66. The van der Waals surface area contributed by atoms with Crippen LogP contribution < -0.4 is 0 Å². The van der Waals surface area contributed by atoms with E-state index >= 15 is 0 Å². The number of hydrogen-bond acceptors (Lipinski definition) is 5. The van der Waals surface area contributed by atoms with Crippen molar-refractivity contribution in [3.05, 3.63) is 22.3 Å². The Balaban J connectivity index is 2.97. The third-order valence-electron chi connectivity index (χ3n) is 3.20. The smallest absolute Gasteiger partial charge is 0.417 e. The van der Waals surface area contributed by atoms with Crippen LogP contribution in [0.15, 0.2) is 12.2 Å². The van der Waals surface area contributed by atoms with Crippen LogP contribution >= 0.6 is 0 Å². The molecule has 0 aromatic rings. The Morgan fingerprint density at radius 1 is 1.45 bits per heavy atom. The number of nitro groups is 1. The van der Waals surface area contributed by atoms with E-state index in [9.17, 15) is 19.7 Å². The molecule has 1 aliphatic heterocycles. The van der Waals surface area contributed by atoms with Gasteiger partial charge in [0.1, 0.15) is 5.60 Å². The molecule has 124 valence electrons. The summed E-state index contributed by atoms with van der Waals surface area (Å²) in [6.45, 7) is 8.72. The van der Waals surface area contributed by atoms with E-state index in [4.69, 9.17) is 4.74 Å². The normalized spacial score (nSPS) is 19.6. The molecule has 7 nitrogen and oxygen atoms in total. The maximum atomic E-state index is 12.2. The highest BCUT2D eigenvalue weighted by Crippen LogP contribution is 2.27. The molecule has 1 rings (SSSR count). The SMILES string of the molecule is CC(C)C[C@@H](C[N+](=O)[O-])[C@@H]1C=CC(=O)N1C(=O)OC(C)(C)C.